The first-order chi connectivity index (χ1) is 17.6. The van der Waals surface area contributed by atoms with Crippen molar-refractivity contribution in [2.24, 2.45) is 5.10 Å². The molecule has 2 aromatic heterocycles. The molecule has 0 atom stereocenters. The van der Waals surface area contributed by atoms with Crippen LogP contribution in [-0.4, -0.2) is 51.3 Å². The molecule has 11 heteroatoms. The molecule has 0 bridgehead atoms. The normalized spacial score (nSPS) is 11.0. The number of pyridine rings is 1. The molecule has 0 spiro atoms. The molecular weight excluding hydrogens is 500 g/mol. The van der Waals surface area contributed by atoms with E-state index in [-0.39, 0.29) is 11.7 Å². The number of benzene rings is 2. The number of amides is 1. The van der Waals surface area contributed by atoms with Gasteiger partial charge in [0.1, 0.15) is 0 Å². The highest BCUT2D eigenvalue weighted by atomic mass is 35.5. The Hall–Kier alpha value is -3.89. The van der Waals surface area contributed by atoms with E-state index >= 15 is 0 Å². The maximum atomic E-state index is 12.5. The lowest BCUT2D eigenvalue weighted by atomic mass is 10.2. The van der Waals surface area contributed by atoms with E-state index in [4.69, 9.17) is 21.1 Å². The van der Waals surface area contributed by atoms with Crippen LogP contribution in [0.5, 0.6) is 11.5 Å². The predicted octanol–water partition coefficient (Wildman–Crippen LogP) is 4.63. The van der Waals surface area contributed by atoms with Crippen molar-refractivity contribution in [3.63, 3.8) is 0 Å². The van der Waals surface area contributed by atoms with Crippen LogP contribution in [0.1, 0.15) is 12.5 Å². The third kappa shape index (κ3) is 6.21. The quantitative estimate of drug-likeness (QED) is 0.184. The smallest absolute Gasteiger partial charge is 0.250 e. The molecule has 0 aliphatic heterocycles. The van der Waals surface area contributed by atoms with Crippen LogP contribution < -0.4 is 14.9 Å². The molecule has 4 rings (SSSR count). The van der Waals surface area contributed by atoms with E-state index in [0.717, 1.165) is 16.8 Å². The number of methoxy groups -OCH3 is 1. The van der Waals surface area contributed by atoms with Gasteiger partial charge >= 0.3 is 0 Å². The van der Waals surface area contributed by atoms with Gasteiger partial charge in [0.2, 0.25) is 0 Å². The van der Waals surface area contributed by atoms with Crippen molar-refractivity contribution in [2.75, 3.05) is 19.5 Å². The average molecular weight is 523 g/mol. The zero-order valence-corrected chi connectivity index (χ0v) is 21.2. The van der Waals surface area contributed by atoms with E-state index in [1.807, 2.05) is 41.8 Å². The fourth-order valence-corrected chi connectivity index (χ4v) is 4.12. The van der Waals surface area contributed by atoms with Gasteiger partial charge in [0.15, 0.2) is 22.5 Å². The highest BCUT2D eigenvalue weighted by Crippen LogP contribution is 2.29. The van der Waals surface area contributed by atoms with Crippen molar-refractivity contribution >= 4 is 35.5 Å². The molecular formula is C25H23ClN6O3S. The Bertz CT molecular complexity index is 1350. The third-order valence-corrected chi connectivity index (χ3v) is 6.06. The van der Waals surface area contributed by atoms with Crippen LogP contribution >= 0.6 is 23.4 Å². The van der Waals surface area contributed by atoms with Crippen molar-refractivity contribution in [3.05, 3.63) is 77.6 Å². The lowest BCUT2D eigenvalue weighted by Gasteiger charge is -2.10. The number of hydrazone groups is 1. The first-order valence-corrected chi connectivity index (χ1v) is 12.3. The molecule has 0 aliphatic rings. The summed E-state index contributed by atoms with van der Waals surface area (Å²) in [5, 5.41) is 13.9. The monoisotopic (exact) mass is 522 g/mol. The highest BCUT2D eigenvalue weighted by Gasteiger charge is 2.17. The fourth-order valence-electron chi connectivity index (χ4n) is 3.25. The van der Waals surface area contributed by atoms with Gasteiger partial charge in [-0.2, -0.15) is 5.10 Å². The molecule has 36 heavy (non-hydrogen) atoms. The second kappa shape index (κ2) is 12.2. The molecule has 0 saturated carbocycles. The van der Waals surface area contributed by atoms with Crippen molar-refractivity contribution < 1.29 is 14.3 Å². The Morgan fingerprint density at radius 1 is 1.11 bits per heavy atom. The summed E-state index contributed by atoms with van der Waals surface area (Å²) in [5.74, 6) is 1.67. The van der Waals surface area contributed by atoms with Gasteiger partial charge in [-0.05, 0) is 67.1 Å². The summed E-state index contributed by atoms with van der Waals surface area (Å²) in [4.78, 5) is 16.5. The number of nitrogens with one attached hydrogen (secondary N) is 1. The van der Waals surface area contributed by atoms with Gasteiger partial charge in [0.05, 0.1) is 25.7 Å². The molecule has 4 aromatic rings. The summed E-state index contributed by atoms with van der Waals surface area (Å²) >= 11 is 7.32. The van der Waals surface area contributed by atoms with Crippen LogP contribution in [0.25, 0.3) is 17.1 Å². The van der Waals surface area contributed by atoms with Crippen LogP contribution in [0.15, 0.2) is 77.2 Å². The zero-order chi connectivity index (χ0) is 25.3. The Morgan fingerprint density at radius 2 is 1.89 bits per heavy atom. The van der Waals surface area contributed by atoms with E-state index < -0.39 is 0 Å². The molecule has 0 unspecified atom stereocenters. The second-order valence-corrected chi connectivity index (χ2v) is 8.66. The van der Waals surface area contributed by atoms with Gasteiger partial charge < -0.3 is 9.47 Å². The number of ether oxygens (including phenoxy) is 2. The topological polar surface area (TPSA) is 104 Å². The van der Waals surface area contributed by atoms with E-state index in [9.17, 15) is 4.79 Å². The summed E-state index contributed by atoms with van der Waals surface area (Å²) < 4.78 is 12.7. The van der Waals surface area contributed by atoms with Crippen molar-refractivity contribution in [3.8, 4) is 28.6 Å². The van der Waals surface area contributed by atoms with E-state index in [1.54, 1.807) is 50.0 Å². The molecule has 9 nitrogen and oxygen atoms in total. The summed E-state index contributed by atoms with van der Waals surface area (Å²) in [6, 6.07) is 16.4. The standard InChI is InChI=1S/C25H23ClN6O3S/c1-3-35-21-9-4-17(14-22(21)34-2)15-28-29-23(33)16-36-25-31-30-24(18-10-12-27-13-11-18)32(25)20-7-5-19(26)6-8-20/h4-15H,3,16H2,1-2H3,(H,29,33)/b28-15-. The molecule has 0 aliphatic carbocycles. The molecule has 0 saturated heterocycles. The number of hydrogen-bond acceptors (Lipinski definition) is 8. The Balaban J connectivity index is 1.45. The molecule has 2 heterocycles. The van der Waals surface area contributed by atoms with Crippen LogP contribution in [0, 0.1) is 0 Å². The van der Waals surface area contributed by atoms with Gasteiger partial charge in [-0.15, -0.1) is 10.2 Å². The van der Waals surface area contributed by atoms with Crippen LogP contribution in [0.3, 0.4) is 0 Å². The molecule has 184 valence electrons. The predicted molar refractivity (Wildman–Crippen MR) is 140 cm³/mol. The fraction of sp³-hybridized carbons (Fsp3) is 0.160. The van der Waals surface area contributed by atoms with Gasteiger partial charge in [-0.3, -0.25) is 14.3 Å². The summed E-state index contributed by atoms with van der Waals surface area (Å²) in [6.45, 7) is 2.44. The van der Waals surface area contributed by atoms with E-state index in [0.29, 0.717) is 34.1 Å². The number of thioether (sulfide) groups is 1. The van der Waals surface area contributed by atoms with Crippen molar-refractivity contribution in [1.29, 1.82) is 0 Å². The van der Waals surface area contributed by atoms with Crippen molar-refractivity contribution in [2.45, 2.75) is 12.1 Å². The Kier molecular flexibility index (Phi) is 8.53. The zero-order valence-electron chi connectivity index (χ0n) is 19.6. The molecule has 1 amide bonds. The minimum atomic E-state index is -0.287. The second-order valence-electron chi connectivity index (χ2n) is 7.28. The summed E-state index contributed by atoms with van der Waals surface area (Å²) in [7, 11) is 1.57. The lowest BCUT2D eigenvalue weighted by molar-refractivity contribution is -0.118. The summed E-state index contributed by atoms with van der Waals surface area (Å²) in [6.07, 6.45) is 4.92. The number of rotatable bonds is 10. The van der Waals surface area contributed by atoms with Crippen LogP contribution in [0.2, 0.25) is 5.02 Å². The van der Waals surface area contributed by atoms with Crippen LogP contribution in [0.4, 0.5) is 0 Å². The minimum absolute atomic E-state index is 0.0893. The first-order valence-electron chi connectivity index (χ1n) is 11.0. The average Bonchev–Trinajstić information content (AvgIpc) is 3.33. The lowest BCUT2D eigenvalue weighted by Crippen LogP contribution is -2.20. The molecule has 0 radical (unpaired) electrons. The number of carbonyl (C=O) groups excluding carboxylic acids is 1. The number of nitrogens with zero attached hydrogens (tertiary/aromatic N) is 5. The molecule has 1 N–H and O–H groups in total. The van der Waals surface area contributed by atoms with Gasteiger partial charge in [0.25, 0.3) is 5.91 Å². The number of halogens is 1. The maximum Gasteiger partial charge on any atom is 0.250 e. The van der Waals surface area contributed by atoms with E-state index in [2.05, 4.69) is 25.7 Å². The molecule has 2 aromatic carbocycles. The first kappa shape index (κ1) is 25.2. The highest BCUT2D eigenvalue weighted by molar-refractivity contribution is 7.99. The SMILES string of the molecule is CCOc1ccc(/C=N\NC(=O)CSc2nnc(-c3ccncc3)n2-c2ccc(Cl)cc2)cc1OC. The van der Waals surface area contributed by atoms with Crippen molar-refractivity contribution in [1.82, 2.24) is 25.2 Å². The Labute approximate surface area is 217 Å². The largest absolute Gasteiger partial charge is 0.493 e. The van der Waals surface area contributed by atoms with Gasteiger partial charge in [-0.25, -0.2) is 5.43 Å². The van der Waals surface area contributed by atoms with E-state index in [1.165, 1.54) is 11.8 Å². The maximum absolute atomic E-state index is 12.5. The number of carbonyl (C=O) groups is 1. The summed E-state index contributed by atoms with van der Waals surface area (Å²) in [5.41, 5.74) is 4.96. The third-order valence-electron chi connectivity index (χ3n) is 4.88. The number of hydrogen-bond donors (Lipinski definition) is 1. The van der Waals surface area contributed by atoms with Gasteiger partial charge in [-0.1, -0.05) is 23.4 Å². The minimum Gasteiger partial charge on any atom is -0.493 e. The number of aromatic nitrogens is 4. The van der Waals surface area contributed by atoms with Crippen LogP contribution in [-0.2, 0) is 4.79 Å². The van der Waals surface area contributed by atoms with Gasteiger partial charge in [0, 0.05) is 28.7 Å². The molecule has 0 fully saturated rings. The Morgan fingerprint density at radius 3 is 2.61 bits per heavy atom.